The van der Waals surface area contributed by atoms with Gasteiger partial charge >= 0.3 is 0 Å². The Morgan fingerprint density at radius 1 is 1.31 bits per heavy atom. The Labute approximate surface area is 153 Å². The van der Waals surface area contributed by atoms with E-state index < -0.39 is 0 Å². The molecule has 26 heavy (non-hydrogen) atoms. The van der Waals surface area contributed by atoms with Gasteiger partial charge in [0, 0.05) is 25.4 Å². The fourth-order valence-corrected chi connectivity index (χ4v) is 3.62. The quantitative estimate of drug-likeness (QED) is 0.793. The topological polar surface area (TPSA) is 81.1 Å². The molecule has 1 aliphatic rings. The standard InChI is InChI=1S/C20H26FN3O2/c21-16-9-5-4-8-15(16)18-13-23-20(26-18)11-10-19(25)24-17(12-22)14-6-2-1-3-7-14/h4-5,8-9,13-14,17H,1-3,6-7,10-12,22H2,(H,24,25). The van der Waals surface area contributed by atoms with E-state index in [1.165, 1.54) is 31.5 Å². The van der Waals surface area contributed by atoms with E-state index >= 15 is 0 Å². The molecule has 1 aromatic carbocycles. The second-order valence-corrected chi connectivity index (χ2v) is 6.91. The second-order valence-electron chi connectivity index (χ2n) is 6.91. The van der Waals surface area contributed by atoms with Gasteiger partial charge in [0.05, 0.1) is 11.8 Å². The molecule has 1 aromatic heterocycles. The first kappa shape index (κ1) is 18.6. The summed E-state index contributed by atoms with van der Waals surface area (Å²) in [6, 6.07) is 6.43. The van der Waals surface area contributed by atoms with Crippen LogP contribution in [0, 0.1) is 11.7 Å². The van der Waals surface area contributed by atoms with Crippen LogP contribution in [0.15, 0.2) is 34.9 Å². The van der Waals surface area contributed by atoms with E-state index in [9.17, 15) is 9.18 Å². The summed E-state index contributed by atoms with van der Waals surface area (Å²) in [4.78, 5) is 16.4. The van der Waals surface area contributed by atoms with E-state index in [1.807, 2.05) is 0 Å². The normalized spacial score (nSPS) is 16.4. The highest BCUT2D eigenvalue weighted by atomic mass is 19.1. The molecule has 140 valence electrons. The average Bonchev–Trinajstić information content (AvgIpc) is 3.14. The summed E-state index contributed by atoms with van der Waals surface area (Å²) in [6.45, 7) is 0.465. The van der Waals surface area contributed by atoms with Gasteiger partial charge in [-0.3, -0.25) is 4.79 Å². The van der Waals surface area contributed by atoms with Crippen LogP contribution in [0.1, 0.15) is 44.4 Å². The van der Waals surface area contributed by atoms with Crippen molar-refractivity contribution in [2.45, 2.75) is 51.0 Å². The predicted molar refractivity (Wildman–Crippen MR) is 97.8 cm³/mol. The molecule has 1 unspecified atom stereocenters. The molecular weight excluding hydrogens is 333 g/mol. The van der Waals surface area contributed by atoms with Crippen LogP contribution in [0.2, 0.25) is 0 Å². The van der Waals surface area contributed by atoms with Crippen molar-refractivity contribution < 1.29 is 13.6 Å². The molecule has 0 aliphatic heterocycles. The lowest BCUT2D eigenvalue weighted by Gasteiger charge is -2.30. The van der Waals surface area contributed by atoms with Gasteiger partial charge in [-0.2, -0.15) is 0 Å². The number of oxazole rings is 1. The van der Waals surface area contributed by atoms with Crippen molar-refractivity contribution in [1.82, 2.24) is 10.3 Å². The third kappa shape index (κ3) is 4.69. The van der Waals surface area contributed by atoms with Crippen LogP contribution in [-0.2, 0) is 11.2 Å². The zero-order valence-corrected chi connectivity index (χ0v) is 14.9. The zero-order chi connectivity index (χ0) is 18.4. The first-order chi connectivity index (χ1) is 12.7. The first-order valence-electron chi connectivity index (χ1n) is 9.36. The van der Waals surface area contributed by atoms with Gasteiger partial charge < -0.3 is 15.5 Å². The fourth-order valence-electron chi connectivity index (χ4n) is 3.62. The summed E-state index contributed by atoms with van der Waals surface area (Å²) in [5.41, 5.74) is 6.23. The number of nitrogens with two attached hydrogens (primary N) is 1. The Morgan fingerprint density at radius 2 is 2.08 bits per heavy atom. The van der Waals surface area contributed by atoms with E-state index in [1.54, 1.807) is 18.2 Å². The van der Waals surface area contributed by atoms with Crippen molar-refractivity contribution in [3.8, 4) is 11.3 Å². The van der Waals surface area contributed by atoms with Gasteiger partial charge in [0.2, 0.25) is 5.91 Å². The van der Waals surface area contributed by atoms with Crippen LogP contribution in [0.4, 0.5) is 4.39 Å². The van der Waals surface area contributed by atoms with Crippen molar-refractivity contribution in [2.24, 2.45) is 11.7 Å². The van der Waals surface area contributed by atoms with Gasteiger partial charge in [0.15, 0.2) is 11.7 Å². The van der Waals surface area contributed by atoms with Crippen LogP contribution in [0.25, 0.3) is 11.3 Å². The molecule has 5 nitrogen and oxygen atoms in total. The highest BCUT2D eigenvalue weighted by molar-refractivity contribution is 5.76. The Kier molecular flexibility index (Phi) is 6.39. The first-order valence-corrected chi connectivity index (χ1v) is 9.36. The van der Waals surface area contributed by atoms with E-state index in [4.69, 9.17) is 10.2 Å². The number of benzene rings is 1. The Hall–Kier alpha value is -2.21. The number of halogens is 1. The molecule has 0 bridgehead atoms. The average molecular weight is 359 g/mol. The van der Waals surface area contributed by atoms with Gasteiger partial charge in [-0.25, -0.2) is 9.37 Å². The molecule has 1 atom stereocenters. The number of nitrogens with one attached hydrogen (secondary N) is 1. The maximum atomic E-state index is 13.8. The van der Waals surface area contributed by atoms with Crippen LogP contribution < -0.4 is 11.1 Å². The molecule has 0 radical (unpaired) electrons. The highest BCUT2D eigenvalue weighted by Crippen LogP contribution is 2.26. The minimum Gasteiger partial charge on any atom is -0.441 e. The summed E-state index contributed by atoms with van der Waals surface area (Å²) in [7, 11) is 0. The van der Waals surface area contributed by atoms with Gasteiger partial charge in [0.1, 0.15) is 5.82 Å². The van der Waals surface area contributed by atoms with Crippen molar-refractivity contribution in [3.05, 3.63) is 42.2 Å². The number of carbonyl (C=O) groups excluding carboxylic acids is 1. The van der Waals surface area contributed by atoms with Crippen LogP contribution in [0.5, 0.6) is 0 Å². The second kappa shape index (κ2) is 8.94. The number of nitrogens with zero attached hydrogens (tertiary/aromatic N) is 1. The van der Waals surface area contributed by atoms with Crippen LogP contribution in [-0.4, -0.2) is 23.5 Å². The SMILES string of the molecule is NCC(NC(=O)CCc1ncc(-c2ccccc2F)o1)C1CCCCC1. The molecule has 2 aromatic rings. The Morgan fingerprint density at radius 3 is 2.81 bits per heavy atom. The smallest absolute Gasteiger partial charge is 0.220 e. The molecule has 1 saturated carbocycles. The van der Waals surface area contributed by atoms with Crippen LogP contribution in [0.3, 0.4) is 0 Å². The molecule has 3 rings (SSSR count). The number of aromatic nitrogens is 1. The maximum absolute atomic E-state index is 13.8. The molecule has 0 saturated heterocycles. The van der Waals surface area contributed by atoms with Crippen molar-refractivity contribution in [3.63, 3.8) is 0 Å². The fraction of sp³-hybridized carbons (Fsp3) is 0.500. The molecule has 1 aliphatic carbocycles. The number of hydrogen-bond acceptors (Lipinski definition) is 4. The predicted octanol–water partition coefficient (Wildman–Crippen LogP) is 3.44. The number of carbonyl (C=O) groups is 1. The third-order valence-electron chi connectivity index (χ3n) is 5.08. The molecule has 1 heterocycles. The van der Waals surface area contributed by atoms with Crippen molar-refractivity contribution >= 4 is 5.91 Å². The minimum absolute atomic E-state index is 0.0429. The number of amides is 1. The van der Waals surface area contributed by atoms with Gasteiger partial charge in [-0.05, 0) is 30.9 Å². The lowest BCUT2D eigenvalue weighted by molar-refractivity contribution is -0.122. The minimum atomic E-state index is -0.355. The lowest BCUT2D eigenvalue weighted by atomic mass is 9.84. The summed E-state index contributed by atoms with van der Waals surface area (Å²) >= 11 is 0. The van der Waals surface area contributed by atoms with Crippen molar-refractivity contribution in [2.75, 3.05) is 6.54 Å². The van der Waals surface area contributed by atoms with Gasteiger partial charge in [0.25, 0.3) is 0 Å². The lowest BCUT2D eigenvalue weighted by Crippen LogP contribution is -2.46. The largest absolute Gasteiger partial charge is 0.441 e. The molecule has 0 spiro atoms. The maximum Gasteiger partial charge on any atom is 0.220 e. The number of rotatable bonds is 7. The summed E-state index contributed by atoms with van der Waals surface area (Å²) in [6.07, 6.45) is 8.12. The zero-order valence-electron chi connectivity index (χ0n) is 14.9. The van der Waals surface area contributed by atoms with E-state index in [0.29, 0.717) is 36.1 Å². The summed E-state index contributed by atoms with van der Waals surface area (Å²) < 4.78 is 19.4. The number of aryl methyl sites for hydroxylation is 1. The Bertz CT molecular complexity index is 725. The van der Waals surface area contributed by atoms with Gasteiger partial charge in [-0.15, -0.1) is 0 Å². The molecule has 6 heteroatoms. The van der Waals surface area contributed by atoms with Gasteiger partial charge in [-0.1, -0.05) is 31.4 Å². The third-order valence-corrected chi connectivity index (χ3v) is 5.08. The molecule has 1 amide bonds. The highest BCUT2D eigenvalue weighted by Gasteiger charge is 2.24. The summed E-state index contributed by atoms with van der Waals surface area (Å²) in [5, 5.41) is 3.06. The van der Waals surface area contributed by atoms with E-state index in [-0.39, 0.29) is 24.2 Å². The summed E-state index contributed by atoms with van der Waals surface area (Å²) in [5.74, 6) is 0.885. The van der Waals surface area contributed by atoms with Crippen molar-refractivity contribution in [1.29, 1.82) is 0 Å². The number of hydrogen-bond donors (Lipinski definition) is 2. The van der Waals surface area contributed by atoms with E-state index in [2.05, 4.69) is 10.3 Å². The molecule has 3 N–H and O–H groups in total. The van der Waals surface area contributed by atoms with Crippen LogP contribution >= 0.6 is 0 Å². The Balaban J connectivity index is 1.52. The molecule has 1 fully saturated rings. The monoisotopic (exact) mass is 359 g/mol. The molecular formula is C20H26FN3O2. The van der Waals surface area contributed by atoms with E-state index in [0.717, 1.165) is 12.8 Å².